The SMILES string of the molecule is Cc1ccccc1-c1nc(Br)c2n1C(O)CCC2. The minimum Gasteiger partial charge on any atom is -0.373 e. The summed E-state index contributed by atoms with van der Waals surface area (Å²) in [6, 6.07) is 8.15. The van der Waals surface area contributed by atoms with Crippen molar-refractivity contribution in [2.24, 2.45) is 0 Å². The van der Waals surface area contributed by atoms with Crippen LogP contribution in [0.5, 0.6) is 0 Å². The number of aryl methyl sites for hydroxylation is 1. The minimum atomic E-state index is -0.456. The summed E-state index contributed by atoms with van der Waals surface area (Å²) in [5.41, 5.74) is 3.37. The molecule has 1 aliphatic rings. The van der Waals surface area contributed by atoms with Crippen molar-refractivity contribution in [3.05, 3.63) is 40.1 Å². The van der Waals surface area contributed by atoms with Gasteiger partial charge in [-0.05, 0) is 47.7 Å². The van der Waals surface area contributed by atoms with Crippen molar-refractivity contribution in [2.75, 3.05) is 0 Å². The largest absolute Gasteiger partial charge is 0.373 e. The number of imidazole rings is 1. The maximum atomic E-state index is 10.2. The Morgan fingerprint density at radius 3 is 2.94 bits per heavy atom. The molecule has 94 valence electrons. The number of hydrogen-bond acceptors (Lipinski definition) is 2. The van der Waals surface area contributed by atoms with Gasteiger partial charge in [-0.3, -0.25) is 0 Å². The summed E-state index contributed by atoms with van der Waals surface area (Å²) < 4.78 is 2.83. The number of rotatable bonds is 1. The van der Waals surface area contributed by atoms with E-state index in [-0.39, 0.29) is 0 Å². The first-order valence-electron chi connectivity index (χ1n) is 6.19. The molecule has 1 unspecified atom stereocenters. The van der Waals surface area contributed by atoms with E-state index in [0.717, 1.165) is 40.9 Å². The van der Waals surface area contributed by atoms with Gasteiger partial charge in [-0.25, -0.2) is 4.98 Å². The summed E-state index contributed by atoms with van der Waals surface area (Å²) in [5.74, 6) is 0.863. The molecular weight excluding hydrogens is 292 g/mol. The molecule has 0 spiro atoms. The predicted molar refractivity (Wildman–Crippen MR) is 74.3 cm³/mol. The van der Waals surface area contributed by atoms with Crippen molar-refractivity contribution in [2.45, 2.75) is 32.4 Å². The average molecular weight is 307 g/mol. The highest BCUT2D eigenvalue weighted by atomic mass is 79.9. The highest BCUT2D eigenvalue weighted by molar-refractivity contribution is 9.10. The first-order valence-corrected chi connectivity index (χ1v) is 6.98. The molecule has 1 aliphatic heterocycles. The van der Waals surface area contributed by atoms with E-state index >= 15 is 0 Å². The molecule has 3 nitrogen and oxygen atoms in total. The van der Waals surface area contributed by atoms with Crippen LogP contribution in [0.2, 0.25) is 0 Å². The van der Waals surface area contributed by atoms with Gasteiger partial charge in [-0.1, -0.05) is 24.3 Å². The lowest BCUT2D eigenvalue weighted by Gasteiger charge is -2.23. The first kappa shape index (κ1) is 11.9. The van der Waals surface area contributed by atoms with Crippen LogP contribution in [0.4, 0.5) is 0 Å². The summed E-state index contributed by atoms with van der Waals surface area (Å²) in [4.78, 5) is 4.59. The summed E-state index contributed by atoms with van der Waals surface area (Å²) in [6.45, 7) is 2.07. The Kier molecular flexibility index (Phi) is 2.99. The fraction of sp³-hybridized carbons (Fsp3) is 0.357. The smallest absolute Gasteiger partial charge is 0.143 e. The Hall–Kier alpha value is -1.13. The number of nitrogens with zero attached hydrogens (tertiary/aromatic N) is 2. The lowest BCUT2D eigenvalue weighted by molar-refractivity contribution is 0.0805. The maximum Gasteiger partial charge on any atom is 0.143 e. The van der Waals surface area contributed by atoms with E-state index in [9.17, 15) is 5.11 Å². The number of fused-ring (bicyclic) bond motifs is 1. The van der Waals surface area contributed by atoms with E-state index in [2.05, 4.69) is 40.0 Å². The summed E-state index contributed by atoms with van der Waals surface area (Å²) in [7, 11) is 0. The van der Waals surface area contributed by atoms with E-state index in [0.29, 0.717) is 0 Å². The fourth-order valence-electron chi connectivity index (χ4n) is 2.58. The molecule has 2 aromatic rings. The quantitative estimate of drug-likeness (QED) is 0.876. The van der Waals surface area contributed by atoms with E-state index in [1.54, 1.807) is 0 Å². The molecule has 1 N–H and O–H groups in total. The first-order chi connectivity index (χ1) is 8.68. The van der Waals surface area contributed by atoms with Crippen molar-refractivity contribution in [1.29, 1.82) is 0 Å². The Bertz CT molecular complexity index is 591. The van der Waals surface area contributed by atoms with Crippen LogP contribution >= 0.6 is 15.9 Å². The summed E-state index contributed by atoms with van der Waals surface area (Å²) in [5, 5.41) is 10.2. The summed E-state index contributed by atoms with van der Waals surface area (Å²) >= 11 is 3.51. The molecule has 0 saturated carbocycles. The Morgan fingerprint density at radius 1 is 1.39 bits per heavy atom. The van der Waals surface area contributed by atoms with Gasteiger partial charge >= 0.3 is 0 Å². The van der Waals surface area contributed by atoms with Crippen molar-refractivity contribution in [1.82, 2.24) is 9.55 Å². The van der Waals surface area contributed by atoms with Crippen LogP contribution in [-0.2, 0) is 6.42 Å². The van der Waals surface area contributed by atoms with Gasteiger partial charge in [-0.2, -0.15) is 0 Å². The number of aliphatic hydroxyl groups excluding tert-OH is 1. The van der Waals surface area contributed by atoms with Crippen LogP contribution in [0, 0.1) is 6.92 Å². The monoisotopic (exact) mass is 306 g/mol. The van der Waals surface area contributed by atoms with Crippen LogP contribution < -0.4 is 0 Å². The second-order valence-electron chi connectivity index (χ2n) is 4.73. The van der Waals surface area contributed by atoms with Gasteiger partial charge in [0, 0.05) is 5.56 Å². The van der Waals surface area contributed by atoms with E-state index in [1.165, 1.54) is 5.56 Å². The third-order valence-corrected chi connectivity index (χ3v) is 4.16. The van der Waals surface area contributed by atoms with Gasteiger partial charge < -0.3 is 9.67 Å². The van der Waals surface area contributed by atoms with Gasteiger partial charge in [-0.15, -0.1) is 0 Å². The van der Waals surface area contributed by atoms with Crippen LogP contribution in [-0.4, -0.2) is 14.7 Å². The van der Waals surface area contributed by atoms with Crippen LogP contribution in [0.25, 0.3) is 11.4 Å². The van der Waals surface area contributed by atoms with Crippen molar-refractivity contribution in [3.8, 4) is 11.4 Å². The van der Waals surface area contributed by atoms with Crippen LogP contribution in [0.15, 0.2) is 28.9 Å². The molecule has 0 bridgehead atoms. The second kappa shape index (κ2) is 4.52. The zero-order valence-electron chi connectivity index (χ0n) is 10.2. The molecule has 0 amide bonds. The van der Waals surface area contributed by atoms with Gasteiger partial charge in [0.25, 0.3) is 0 Å². The third-order valence-electron chi connectivity index (χ3n) is 3.52. The van der Waals surface area contributed by atoms with Crippen LogP contribution in [0.1, 0.15) is 30.3 Å². The average Bonchev–Trinajstić information content (AvgIpc) is 2.69. The molecule has 1 atom stereocenters. The predicted octanol–water partition coefficient (Wildman–Crippen LogP) is 3.45. The highest BCUT2D eigenvalue weighted by Crippen LogP contribution is 2.35. The number of aromatic nitrogens is 2. The minimum absolute atomic E-state index is 0.456. The molecule has 2 heterocycles. The van der Waals surface area contributed by atoms with Crippen LogP contribution in [0.3, 0.4) is 0 Å². The highest BCUT2D eigenvalue weighted by Gasteiger charge is 2.25. The van der Waals surface area contributed by atoms with Crippen molar-refractivity contribution >= 4 is 15.9 Å². The molecule has 0 aliphatic carbocycles. The Labute approximate surface area is 115 Å². The van der Waals surface area contributed by atoms with E-state index in [1.807, 2.05) is 16.7 Å². The third kappa shape index (κ3) is 1.80. The molecule has 0 fully saturated rings. The standard InChI is InChI=1S/C14H15BrN2O/c1-9-5-2-3-6-10(9)14-16-13(15)11-7-4-8-12(18)17(11)14/h2-3,5-6,12,18H,4,7-8H2,1H3. The zero-order valence-corrected chi connectivity index (χ0v) is 11.8. The molecule has 0 saturated heterocycles. The molecule has 0 radical (unpaired) electrons. The Balaban J connectivity index is 2.22. The topological polar surface area (TPSA) is 38.0 Å². The lowest BCUT2D eigenvalue weighted by Crippen LogP contribution is -2.18. The second-order valence-corrected chi connectivity index (χ2v) is 5.48. The van der Waals surface area contributed by atoms with E-state index in [4.69, 9.17) is 0 Å². The molecule has 18 heavy (non-hydrogen) atoms. The molecule has 3 rings (SSSR count). The maximum absolute atomic E-state index is 10.2. The number of hydrogen-bond donors (Lipinski definition) is 1. The molecule has 4 heteroatoms. The van der Waals surface area contributed by atoms with Crippen molar-refractivity contribution in [3.63, 3.8) is 0 Å². The Morgan fingerprint density at radius 2 is 2.17 bits per heavy atom. The van der Waals surface area contributed by atoms with Gasteiger partial charge in [0.2, 0.25) is 0 Å². The number of aliphatic hydroxyl groups is 1. The van der Waals surface area contributed by atoms with Gasteiger partial charge in [0.15, 0.2) is 0 Å². The molecule has 1 aromatic carbocycles. The summed E-state index contributed by atoms with van der Waals surface area (Å²) in [6.07, 6.45) is 2.33. The zero-order chi connectivity index (χ0) is 12.7. The number of benzene rings is 1. The molecular formula is C14H15BrN2O. The molecule has 1 aromatic heterocycles. The lowest BCUT2D eigenvalue weighted by atomic mass is 10.1. The fourth-order valence-corrected chi connectivity index (χ4v) is 3.14. The van der Waals surface area contributed by atoms with Crippen molar-refractivity contribution < 1.29 is 5.11 Å². The van der Waals surface area contributed by atoms with Gasteiger partial charge in [0.05, 0.1) is 5.69 Å². The normalized spacial score (nSPS) is 18.7. The van der Waals surface area contributed by atoms with E-state index < -0.39 is 6.23 Å². The number of halogens is 1. The van der Waals surface area contributed by atoms with Gasteiger partial charge in [0.1, 0.15) is 16.7 Å².